The Labute approximate surface area is 125 Å². The molecule has 1 aromatic carbocycles. The van der Waals surface area contributed by atoms with Gasteiger partial charge in [-0.15, -0.1) is 0 Å². The van der Waals surface area contributed by atoms with Crippen molar-refractivity contribution in [2.24, 2.45) is 0 Å². The van der Waals surface area contributed by atoms with E-state index in [4.69, 9.17) is 0 Å². The summed E-state index contributed by atoms with van der Waals surface area (Å²) in [6, 6.07) is 7.02. The van der Waals surface area contributed by atoms with Gasteiger partial charge in [0, 0.05) is 48.3 Å². The third-order valence-electron chi connectivity index (χ3n) is 3.52. The molecular weight excluding hydrogens is 281 g/mol. The maximum absolute atomic E-state index is 14.3. The highest BCUT2D eigenvalue weighted by Crippen LogP contribution is 2.22. The van der Waals surface area contributed by atoms with Gasteiger partial charge in [0.25, 0.3) is 0 Å². The molecule has 0 saturated heterocycles. The van der Waals surface area contributed by atoms with Crippen LogP contribution in [0.1, 0.15) is 5.56 Å². The molecular formula is C16H12FN5. The zero-order valence-electron chi connectivity index (χ0n) is 11.6. The Hall–Kier alpha value is -3.02. The van der Waals surface area contributed by atoms with Crippen LogP contribution in [0.4, 0.5) is 4.39 Å². The minimum atomic E-state index is -0.251. The van der Waals surface area contributed by atoms with E-state index in [2.05, 4.69) is 15.1 Å². The standard InChI is InChI=1S/C16H12FN5/c17-15-8-12(2-3-13(15)11-22-6-1-4-20-22)14-9-19-16-18-5-7-21(16)10-14/h1-10H,11H2. The maximum Gasteiger partial charge on any atom is 0.233 e. The molecule has 4 rings (SSSR count). The molecule has 22 heavy (non-hydrogen) atoms. The van der Waals surface area contributed by atoms with Crippen LogP contribution in [0.25, 0.3) is 16.9 Å². The first-order chi connectivity index (χ1) is 10.8. The van der Waals surface area contributed by atoms with E-state index >= 15 is 0 Å². The van der Waals surface area contributed by atoms with Crippen molar-refractivity contribution in [2.45, 2.75) is 6.54 Å². The van der Waals surface area contributed by atoms with Crippen LogP contribution in [0.5, 0.6) is 0 Å². The number of fused-ring (bicyclic) bond motifs is 1. The summed E-state index contributed by atoms with van der Waals surface area (Å²) >= 11 is 0. The van der Waals surface area contributed by atoms with Crippen molar-refractivity contribution >= 4 is 5.78 Å². The Morgan fingerprint density at radius 3 is 2.82 bits per heavy atom. The third kappa shape index (κ3) is 2.24. The summed E-state index contributed by atoms with van der Waals surface area (Å²) in [6.45, 7) is 0.415. The predicted octanol–water partition coefficient (Wildman–Crippen LogP) is 2.78. The fraction of sp³-hybridized carbons (Fsp3) is 0.0625. The molecule has 6 heteroatoms. The second-order valence-corrected chi connectivity index (χ2v) is 4.99. The van der Waals surface area contributed by atoms with Gasteiger partial charge in [0.1, 0.15) is 5.82 Å². The van der Waals surface area contributed by atoms with Gasteiger partial charge < -0.3 is 0 Å². The molecule has 108 valence electrons. The largest absolute Gasteiger partial charge is 0.291 e. The van der Waals surface area contributed by atoms with Crippen molar-refractivity contribution in [3.8, 4) is 11.1 Å². The van der Waals surface area contributed by atoms with Crippen molar-refractivity contribution in [1.29, 1.82) is 0 Å². The minimum absolute atomic E-state index is 0.251. The Bertz CT molecular complexity index is 927. The molecule has 0 amide bonds. The number of aromatic nitrogens is 5. The van der Waals surface area contributed by atoms with Crippen molar-refractivity contribution in [3.05, 3.63) is 72.8 Å². The highest BCUT2D eigenvalue weighted by Gasteiger charge is 2.07. The lowest BCUT2D eigenvalue weighted by Gasteiger charge is -2.07. The average molecular weight is 293 g/mol. The minimum Gasteiger partial charge on any atom is -0.291 e. The van der Waals surface area contributed by atoms with Crippen molar-refractivity contribution < 1.29 is 4.39 Å². The molecule has 0 fully saturated rings. The van der Waals surface area contributed by atoms with E-state index in [0.29, 0.717) is 17.9 Å². The second-order valence-electron chi connectivity index (χ2n) is 4.99. The molecule has 5 nitrogen and oxygen atoms in total. The first-order valence-electron chi connectivity index (χ1n) is 6.84. The Morgan fingerprint density at radius 1 is 1.05 bits per heavy atom. The van der Waals surface area contributed by atoms with Gasteiger partial charge in [0.15, 0.2) is 0 Å². The molecule has 0 radical (unpaired) electrons. The van der Waals surface area contributed by atoms with Crippen molar-refractivity contribution in [3.63, 3.8) is 0 Å². The average Bonchev–Trinajstić information content (AvgIpc) is 3.19. The van der Waals surface area contributed by atoms with Gasteiger partial charge in [0.2, 0.25) is 5.78 Å². The first kappa shape index (κ1) is 12.7. The summed E-state index contributed by atoms with van der Waals surface area (Å²) in [6.07, 6.45) is 10.6. The van der Waals surface area contributed by atoms with E-state index in [0.717, 1.165) is 11.1 Å². The van der Waals surface area contributed by atoms with Crippen LogP contribution >= 0.6 is 0 Å². The number of imidazole rings is 1. The van der Waals surface area contributed by atoms with Gasteiger partial charge in [0.05, 0.1) is 6.54 Å². The predicted molar refractivity (Wildman–Crippen MR) is 79.7 cm³/mol. The maximum atomic E-state index is 14.3. The molecule has 0 atom stereocenters. The monoisotopic (exact) mass is 293 g/mol. The SMILES string of the molecule is Fc1cc(-c2cnc3nccn3c2)ccc1Cn1cccn1. The zero-order valence-corrected chi connectivity index (χ0v) is 11.6. The molecule has 0 N–H and O–H groups in total. The van der Waals surface area contributed by atoms with Gasteiger partial charge in [-0.05, 0) is 17.7 Å². The number of benzene rings is 1. The van der Waals surface area contributed by atoms with Crippen molar-refractivity contribution in [2.75, 3.05) is 0 Å². The molecule has 0 unspecified atom stereocenters. The van der Waals surface area contributed by atoms with Gasteiger partial charge in [-0.3, -0.25) is 9.08 Å². The van der Waals surface area contributed by atoms with Gasteiger partial charge >= 0.3 is 0 Å². The summed E-state index contributed by atoms with van der Waals surface area (Å²) in [5, 5.41) is 4.09. The second kappa shape index (κ2) is 5.07. The van der Waals surface area contributed by atoms with Crippen LogP contribution < -0.4 is 0 Å². The number of halogens is 1. The van der Waals surface area contributed by atoms with E-state index < -0.39 is 0 Å². The highest BCUT2D eigenvalue weighted by molar-refractivity contribution is 5.63. The lowest BCUT2D eigenvalue weighted by atomic mass is 10.1. The van der Waals surface area contributed by atoms with E-state index in [1.54, 1.807) is 29.3 Å². The van der Waals surface area contributed by atoms with Gasteiger partial charge in [-0.1, -0.05) is 12.1 Å². The smallest absolute Gasteiger partial charge is 0.233 e. The van der Waals surface area contributed by atoms with E-state index in [9.17, 15) is 4.39 Å². The van der Waals surface area contributed by atoms with Crippen LogP contribution in [-0.4, -0.2) is 24.1 Å². The summed E-state index contributed by atoms with van der Waals surface area (Å²) in [4.78, 5) is 8.34. The Kier molecular flexibility index (Phi) is 2.93. The molecule has 0 aliphatic carbocycles. The summed E-state index contributed by atoms with van der Waals surface area (Å²) < 4.78 is 17.8. The van der Waals surface area contributed by atoms with Crippen molar-refractivity contribution in [1.82, 2.24) is 24.1 Å². The Morgan fingerprint density at radius 2 is 2.00 bits per heavy atom. The van der Waals surface area contributed by atoms with Crippen LogP contribution in [-0.2, 0) is 6.54 Å². The number of nitrogens with zero attached hydrogens (tertiary/aromatic N) is 5. The molecule has 4 aromatic rings. The highest BCUT2D eigenvalue weighted by atomic mass is 19.1. The molecule has 0 saturated carbocycles. The molecule has 0 aliphatic rings. The summed E-state index contributed by atoms with van der Waals surface area (Å²) in [7, 11) is 0. The van der Waals surface area contributed by atoms with Crippen LogP contribution in [0.3, 0.4) is 0 Å². The van der Waals surface area contributed by atoms with Crippen LogP contribution in [0.2, 0.25) is 0 Å². The first-order valence-corrected chi connectivity index (χ1v) is 6.84. The normalized spacial score (nSPS) is 11.1. The van der Waals surface area contributed by atoms with E-state index in [1.165, 1.54) is 6.07 Å². The third-order valence-corrected chi connectivity index (χ3v) is 3.52. The Balaban J connectivity index is 1.69. The number of hydrogen-bond donors (Lipinski definition) is 0. The van der Waals surface area contributed by atoms with Crippen LogP contribution in [0.15, 0.2) is 61.4 Å². The number of rotatable bonds is 3. The molecule has 0 bridgehead atoms. The van der Waals surface area contributed by atoms with E-state index in [-0.39, 0.29) is 5.82 Å². The molecule has 0 aliphatic heterocycles. The molecule has 3 heterocycles. The fourth-order valence-electron chi connectivity index (χ4n) is 2.39. The van der Waals surface area contributed by atoms with Gasteiger partial charge in [-0.2, -0.15) is 5.10 Å². The summed E-state index contributed by atoms with van der Waals surface area (Å²) in [5.41, 5.74) is 2.23. The lowest BCUT2D eigenvalue weighted by Crippen LogP contribution is -2.02. The van der Waals surface area contributed by atoms with E-state index in [1.807, 2.05) is 35.1 Å². The lowest BCUT2D eigenvalue weighted by molar-refractivity contribution is 0.585. The summed E-state index contributed by atoms with van der Waals surface area (Å²) in [5.74, 6) is 0.373. The molecule has 0 spiro atoms. The zero-order chi connectivity index (χ0) is 14.9. The van der Waals surface area contributed by atoms with Gasteiger partial charge in [-0.25, -0.2) is 14.4 Å². The van der Waals surface area contributed by atoms with Crippen LogP contribution in [0, 0.1) is 5.82 Å². The quantitative estimate of drug-likeness (QED) is 0.583. The molecule has 3 aromatic heterocycles. The number of hydrogen-bond acceptors (Lipinski definition) is 3. The topological polar surface area (TPSA) is 48.0 Å². The fourth-order valence-corrected chi connectivity index (χ4v) is 2.39.